The number of nitrogens with zero attached hydrogens (tertiary/aromatic N) is 3. The van der Waals surface area contributed by atoms with Gasteiger partial charge in [0.15, 0.2) is 11.4 Å². The summed E-state index contributed by atoms with van der Waals surface area (Å²) in [4.78, 5) is 9.46. The SMILES string of the molecule is [C-]#[N+]c1cc([N+]#[C-])cc(-c2cccc(N3c4ccccc4[Si](C)(C)c4ccccc43)c2)c1. The Morgan fingerprint density at radius 1 is 0.625 bits per heavy atom. The van der Waals surface area contributed by atoms with Gasteiger partial charge in [-0.15, -0.1) is 0 Å². The molecule has 0 spiro atoms. The van der Waals surface area contributed by atoms with Gasteiger partial charge in [-0.05, 0) is 45.8 Å². The predicted molar refractivity (Wildman–Crippen MR) is 136 cm³/mol. The third-order valence-corrected chi connectivity index (χ3v) is 9.77. The maximum Gasteiger partial charge on any atom is 0.177 e. The maximum absolute atomic E-state index is 7.39. The topological polar surface area (TPSA) is 12.0 Å². The summed E-state index contributed by atoms with van der Waals surface area (Å²) in [5, 5.41) is 2.85. The molecule has 32 heavy (non-hydrogen) atoms. The quantitative estimate of drug-likeness (QED) is 0.246. The first-order chi connectivity index (χ1) is 15.5. The van der Waals surface area contributed by atoms with Gasteiger partial charge >= 0.3 is 0 Å². The van der Waals surface area contributed by atoms with E-state index in [1.807, 2.05) is 18.2 Å². The van der Waals surface area contributed by atoms with Crippen molar-refractivity contribution >= 4 is 46.9 Å². The third kappa shape index (κ3) is 3.10. The maximum atomic E-state index is 7.39. The van der Waals surface area contributed by atoms with Gasteiger partial charge in [0.1, 0.15) is 8.07 Å². The van der Waals surface area contributed by atoms with Gasteiger partial charge in [-0.3, -0.25) is 0 Å². The summed E-state index contributed by atoms with van der Waals surface area (Å²) in [5.74, 6) is 0. The van der Waals surface area contributed by atoms with Gasteiger partial charge in [0.05, 0.1) is 13.1 Å². The molecule has 0 saturated carbocycles. The molecular weight excluding hydrogens is 406 g/mol. The summed E-state index contributed by atoms with van der Waals surface area (Å²) in [6.45, 7) is 19.6. The molecule has 152 valence electrons. The van der Waals surface area contributed by atoms with E-state index < -0.39 is 8.07 Å². The summed E-state index contributed by atoms with van der Waals surface area (Å²) in [7, 11) is -1.82. The van der Waals surface area contributed by atoms with Crippen molar-refractivity contribution in [1.29, 1.82) is 0 Å². The number of hydrogen-bond donors (Lipinski definition) is 0. The second-order valence-electron chi connectivity index (χ2n) is 8.51. The Kier molecular flexibility index (Phi) is 4.67. The Labute approximate surface area is 189 Å². The number of anilines is 3. The van der Waals surface area contributed by atoms with Gasteiger partial charge in [-0.25, -0.2) is 9.69 Å². The van der Waals surface area contributed by atoms with Crippen molar-refractivity contribution in [1.82, 2.24) is 0 Å². The van der Waals surface area contributed by atoms with Crippen LogP contribution in [0.2, 0.25) is 13.1 Å². The van der Waals surface area contributed by atoms with Crippen molar-refractivity contribution in [3.05, 3.63) is 114 Å². The Morgan fingerprint density at radius 2 is 1.19 bits per heavy atom. The fourth-order valence-electron chi connectivity index (χ4n) is 4.66. The molecule has 0 N–H and O–H groups in total. The Hall–Kier alpha value is -4.12. The molecule has 0 aromatic heterocycles. The van der Waals surface area contributed by atoms with E-state index in [4.69, 9.17) is 13.1 Å². The van der Waals surface area contributed by atoms with Crippen LogP contribution in [0.1, 0.15) is 0 Å². The predicted octanol–water partition coefficient (Wildman–Crippen LogP) is 7.06. The summed E-state index contributed by atoms with van der Waals surface area (Å²) in [5.41, 5.74) is 6.40. The number of fused-ring (bicyclic) bond motifs is 2. The summed E-state index contributed by atoms with van der Waals surface area (Å²) >= 11 is 0. The highest BCUT2D eigenvalue weighted by atomic mass is 28.3. The van der Waals surface area contributed by atoms with Gasteiger partial charge < -0.3 is 4.90 Å². The second kappa shape index (κ2) is 7.53. The van der Waals surface area contributed by atoms with Crippen molar-refractivity contribution in [3.8, 4) is 11.1 Å². The highest BCUT2D eigenvalue weighted by molar-refractivity contribution is 7.02. The standard InChI is InChI=1S/C28H21N3Si/c1-29-22-16-21(17-23(19-22)30-2)20-10-9-11-24(18-20)31-25-12-5-7-14-27(25)32(3,4)28-15-8-6-13-26(28)31/h5-19H,3-4H3. The van der Waals surface area contributed by atoms with E-state index in [2.05, 4.69) is 94.4 Å². The molecule has 0 aliphatic carbocycles. The molecule has 1 heterocycles. The van der Waals surface area contributed by atoms with Crippen molar-refractivity contribution in [2.45, 2.75) is 13.1 Å². The van der Waals surface area contributed by atoms with Crippen molar-refractivity contribution in [2.24, 2.45) is 0 Å². The van der Waals surface area contributed by atoms with Crippen LogP contribution in [0, 0.1) is 13.1 Å². The number of hydrogen-bond acceptors (Lipinski definition) is 1. The average Bonchev–Trinajstić information content (AvgIpc) is 2.84. The molecule has 0 unspecified atom stereocenters. The molecule has 4 aromatic rings. The Balaban J connectivity index is 1.72. The molecule has 0 amide bonds. The van der Waals surface area contributed by atoms with E-state index in [1.165, 1.54) is 21.7 Å². The van der Waals surface area contributed by atoms with Crippen LogP contribution in [0.15, 0.2) is 91.0 Å². The van der Waals surface area contributed by atoms with Gasteiger partial charge in [-0.2, -0.15) is 0 Å². The Morgan fingerprint density at radius 3 is 1.75 bits per heavy atom. The minimum absolute atomic E-state index is 0.486. The number of rotatable bonds is 2. The minimum atomic E-state index is -1.82. The lowest BCUT2D eigenvalue weighted by atomic mass is 10.0. The second-order valence-corrected chi connectivity index (χ2v) is 12.8. The van der Waals surface area contributed by atoms with Crippen LogP contribution in [0.3, 0.4) is 0 Å². The zero-order valence-corrected chi connectivity index (χ0v) is 19.0. The molecule has 1 aliphatic rings. The lowest BCUT2D eigenvalue weighted by molar-refractivity contribution is 1.29. The van der Waals surface area contributed by atoms with E-state index in [0.29, 0.717) is 11.4 Å². The molecule has 1 aliphatic heterocycles. The van der Waals surface area contributed by atoms with Gasteiger partial charge in [0.25, 0.3) is 0 Å². The third-order valence-electron chi connectivity index (χ3n) is 6.24. The molecule has 0 radical (unpaired) electrons. The van der Waals surface area contributed by atoms with Crippen LogP contribution >= 0.6 is 0 Å². The normalized spacial score (nSPS) is 13.4. The fourth-order valence-corrected chi connectivity index (χ4v) is 7.65. The largest absolute Gasteiger partial charge is 0.311 e. The molecule has 0 bridgehead atoms. The van der Waals surface area contributed by atoms with E-state index in [0.717, 1.165) is 16.8 Å². The lowest BCUT2D eigenvalue weighted by Gasteiger charge is -2.41. The molecule has 5 rings (SSSR count). The average molecular weight is 428 g/mol. The monoisotopic (exact) mass is 427 g/mol. The minimum Gasteiger partial charge on any atom is -0.311 e. The first-order valence-electron chi connectivity index (χ1n) is 10.5. The van der Waals surface area contributed by atoms with Crippen molar-refractivity contribution in [3.63, 3.8) is 0 Å². The van der Waals surface area contributed by atoms with Crippen molar-refractivity contribution in [2.75, 3.05) is 4.90 Å². The van der Waals surface area contributed by atoms with Crippen LogP contribution in [0.5, 0.6) is 0 Å². The zero-order chi connectivity index (χ0) is 22.3. The highest BCUT2D eigenvalue weighted by Gasteiger charge is 2.38. The van der Waals surface area contributed by atoms with E-state index in [9.17, 15) is 0 Å². The first-order valence-corrected chi connectivity index (χ1v) is 13.5. The lowest BCUT2D eigenvalue weighted by Crippen LogP contribution is -2.58. The van der Waals surface area contributed by atoms with Crippen molar-refractivity contribution < 1.29 is 0 Å². The van der Waals surface area contributed by atoms with Gasteiger partial charge in [0, 0.05) is 17.1 Å². The highest BCUT2D eigenvalue weighted by Crippen LogP contribution is 2.40. The molecule has 0 atom stereocenters. The van der Waals surface area contributed by atoms with Crippen LogP contribution in [-0.2, 0) is 0 Å². The van der Waals surface area contributed by atoms with E-state index >= 15 is 0 Å². The van der Waals surface area contributed by atoms with Crippen LogP contribution in [0.4, 0.5) is 28.4 Å². The Bertz CT molecular complexity index is 1360. The zero-order valence-electron chi connectivity index (χ0n) is 18.0. The molecule has 4 aromatic carbocycles. The number of para-hydroxylation sites is 2. The van der Waals surface area contributed by atoms with Gasteiger partial charge in [0.2, 0.25) is 0 Å². The first kappa shape index (κ1) is 19.8. The van der Waals surface area contributed by atoms with Crippen LogP contribution in [-0.4, -0.2) is 8.07 Å². The number of benzene rings is 4. The summed E-state index contributed by atoms with van der Waals surface area (Å²) in [6, 6.07) is 31.2. The van der Waals surface area contributed by atoms with E-state index in [-0.39, 0.29) is 0 Å². The van der Waals surface area contributed by atoms with E-state index in [1.54, 1.807) is 6.07 Å². The molecule has 3 nitrogen and oxygen atoms in total. The van der Waals surface area contributed by atoms with Crippen LogP contribution < -0.4 is 15.3 Å². The van der Waals surface area contributed by atoms with Crippen LogP contribution in [0.25, 0.3) is 20.8 Å². The molecule has 0 fully saturated rings. The smallest absolute Gasteiger partial charge is 0.177 e. The summed E-state index contributed by atoms with van der Waals surface area (Å²) < 4.78 is 0. The molecule has 0 saturated heterocycles. The molecular formula is C28H21N3Si. The molecule has 4 heteroatoms. The fraction of sp³-hybridized carbons (Fsp3) is 0.0714. The van der Waals surface area contributed by atoms with Gasteiger partial charge in [-0.1, -0.05) is 79.8 Å². The summed E-state index contributed by atoms with van der Waals surface area (Å²) in [6.07, 6.45) is 0.